The summed E-state index contributed by atoms with van der Waals surface area (Å²) in [6, 6.07) is 3.08. The van der Waals surface area contributed by atoms with Crippen molar-refractivity contribution in [2.75, 3.05) is 47.1 Å². The van der Waals surface area contributed by atoms with Crippen molar-refractivity contribution in [3.63, 3.8) is 0 Å². The first-order chi connectivity index (χ1) is 12.9. The summed E-state index contributed by atoms with van der Waals surface area (Å²) in [5.74, 6) is 0.232. The van der Waals surface area contributed by atoms with E-state index < -0.39 is 22.2 Å². The molecule has 8 nitrogen and oxygen atoms in total. The summed E-state index contributed by atoms with van der Waals surface area (Å²) in [6.45, 7) is 1.17. The fourth-order valence-corrected chi connectivity index (χ4v) is 4.99. The maximum atomic E-state index is 14.1. The third-order valence-corrected chi connectivity index (χ3v) is 6.64. The summed E-state index contributed by atoms with van der Waals surface area (Å²) in [5, 5.41) is 0. The van der Waals surface area contributed by atoms with Crippen LogP contribution in [-0.4, -0.2) is 82.8 Å². The molecule has 0 N–H and O–H groups in total. The van der Waals surface area contributed by atoms with E-state index in [0.29, 0.717) is 32.1 Å². The van der Waals surface area contributed by atoms with Crippen molar-refractivity contribution in [1.82, 2.24) is 9.21 Å². The largest absolute Gasteiger partial charge is 0.493 e. The second-order valence-corrected chi connectivity index (χ2v) is 8.27. The number of carbonyl (C=O) groups excluding carboxylic acids is 1. The topological polar surface area (TPSA) is 85.4 Å². The van der Waals surface area contributed by atoms with Crippen LogP contribution in [0.3, 0.4) is 0 Å². The van der Waals surface area contributed by atoms with Gasteiger partial charge in [0.25, 0.3) is 0 Å². The van der Waals surface area contributed by atoms with Gasteiger partial charge in [0.2, 0.25) is 15.9 Å². The molecule has 3 rings (SSSR count). The Hall–Kier alpha value is -1.91. The van der Waals surface area contributed by atoms with Gasteiger partial charge in [0.1, 0.15) is 12.2 Å². The summed E-state index contributed by atoms with van der Waals surface area (Å²) in [7, 11) is -1.25. The summed E-state index contributed by atoms with van der Waals surface area (Å²) in [5.41, 5.74) is 0. The maximum absolute atomic E-state index is 14.1. The van der Waals surface area contributed by atoms with Crippen molar-refractivity contribution in [1.29, 1.82) is 0 Å². The van der Waals surface area contributed by atoms with E-state index in [9.17, 15) is 17.6 Å². The molecule has 0 aliphatic carbocycles. The number of hydrogen-bond donors (Lipinski definition) is 0. The van der Waals surface area contributed by atoms with Crippen LogP contribution >= 0.6 is 0 Å². The van der Waals surface area contributed by atoms with Gasteiger partial charge in [-0.15, -0.1) is 0 Å². The molecule has 2 atom stereocenters. The summed E-state index contributed by atoms with van der Waals surface area (Å²) in [4.78, 5) is 14.3. The molecule has 0 radical (unpaired) electrons. The molecular weight excluding hydrogens is 379 g/mol. The lowest BCUT2D eigenvalue weighted by Gasteiger charge is -2.32. The molecule has 0 bridgehead atoms. The first-order valence-corrected chi connectivity index (χ1v) is 10.1. The Morgan fingerprint density at radius 2 is 1.85 bits per heavy atom. The van der Waals surface area contributed by atoms with Crippen molar-refractivity contribution < 1.29 is 31.8 Å². The number of sulfonamides is 1. The molecule has 2 aliphatic heterocycles. The number of ether oxygens (including phenoxy) is 3. The monoisotopic (exact) mass is 402 g/mol. The van der Waals surface area contributed by atoms with E-state index >= 15 is 0 Å². The number of amides is 1. The third kappa shape index (κ3) is 3.87. The fraction of sp³-hybridized carbons (Fsp3) is 0.588. The zero-order valence-electron chi connectivity index (χ0n) is 15.3. The SMILES string of the molecule is COc1ccc(S(=O)(=O)N2C[C@@H](F)C[C@H]2C(=O)N2CCOCC2)cc1OC. The predicted octanol–water partition coefficient (Wildman–Crippen LogP) is 0.664. The van der Waals surface area contributed by atoms with Crippen molar-refractivity contribution in [3.05, 3.63) is 18.2 Å². The number of methoxy groups -OCH3 is 2. The van der Waals surface area contributed by atoms with Gasteiger partial charge in [0.05, 0.1) is 32.3 Å². The van der Waals surface area contributed by atoms with E-state index in [1.165, 1.54) is 37.3 Å². The summed E-state index contributed by atoms with van der Waals surface area (Å²) >= 11 is 0. The number of halogens is 1. The first-order valence-electron chi connectivity index (χ1n) is 8.63. The first kappa shape index (κ1) is 19.8. The van der Waals surface area contributed by atoms with E-state index in [2.05, 4.69) is 0 Å². The fourth-order valence-electron chi connectivity index (χ4n) is 3.35. The molecule has 0 saturated carbocycles. The highest BCUT2D eigenvalue weighted by Crippen LogP contribution is 2.34. The number of morpholine rings is 1. The molecule has 27 heavy (non-hydrogen) atoms. The van der Waals surface area contributed by atoms with E-state index in [1.807, 2.05) is 0 Å². The number of benzene rings is 1. The van der Waals surface area contributed by atoms with E-state index in [0.717, 1.165) is 4.31 Å². The van der Waals surface area contributed by atoms with Gasteiger partial charge in [-0.05, 0) is 12.1 Å². The molecule has 0 spiro atoms. The van der Waals surface area contributed by atoms with E-state index in [4.69, 9.17) is 14.2 Å². The standard InChI is InChI=1S/C17H23FN2O6S/c1-24-15-4-3-13(10-16(15)25-2)27(22,23)20-11-12(18)9-14(20)17(21)19-5-7-26-8-6-19/h3-4,10,12,14H,5-9,11H2,1-2H3/t12-,14-/m0/s1. The van der Waals surface area contributed by atoms with Crippen molar-refractivity contribution in [2.24, 2.45) is 0 Å². The molecule has 2 heterocycles. The molecule has 1 aromatic carbocycles. The van der Waals surface area contributed by atoms with Gasteiger partial charge in [-0.25, -0.2) is 12.8 Å². The van der Waals surface area contributed by atoms with Crippen molar-refractivity contribution in [2.45, 2.75) is 23.5 Å². The molecule has 2 fully saturated rings. The Morgan fingerprint density at radius 3 is 2.48 bits per heavy atom. The second kappa shape index (κ2) is 7.99. The van der Waals surface area contributed by atoms with Crippen LogP contribution in [0, 0.1) is 0 Å². The number of carbonyl (C=O) groups is 1. The number of alkyl halides is 1. The van der Waals surface area contributed by atoms with Gasteiger partial charge in [-0.1, -0.05) is 0 Å². The second-order valence-electron chi connectivity index (χ2n) is 6.38. The predicted molar refractivity (Wildman–Crippen MR) is 94.1 cm³/mol. The number of rotatable bonds is 5. The van der Waals surface area contributed by atoms with Crippen LogP contribution in [0.15, 0.2) is 23.1 Å². The Bertz CT molecular complexity index is 797. The van der Waals surface area contributed by atoms with Crippen LogP contribution in [-0.2, 0) is 19.6 Å². The van der Waals surface area contributed by atoms with Gasteiger partial charge in [-0.2, -0.15) is 4.31 Å². The van der Waals surface area contributed by atoms with E-state index in [-0.39, 0.29) is 29.5 Å². The molecule has 2 saturated heterocycles. The molecule has 2 aliphatic rings. The molecule has 0 aromatic heterocycles. The number of nitrogens with zero attached hydrogens (tertiary/aromatic N) is 2. The van der Waals surface area contributed by atoms with Crippen molar-refractivity contribution >= 4 is 15.9 Å². The Labute approximate surface area is 157 Å². The molecule has 0 unspecified atom stereocenters. The van der Waals surface area contributed by atoms with Gasteiger partial charge in [0, 0.05) is 32.1 Å². The highest BCUT2D eigenvalue weighted by atomic mass is 32.2. The normalized spacial score (nSPS) is 24.0. The minimum Gasteiger partial charge on any atom is -0.493 e. The van der Waals surface area contributed by atoms with Crippen LogP contribution in [0.25, 0.3) is 0 Å². The van der Waals surface area contributed by atoms with Gasteiger partial charge < -0.3 is 19.1 Å². The quantitative estimate of drug-likeness (QED) is 0.720. The van der Waals surface area contributed by atoms with Crippen LogP contribution in [0.5, 0.6) is 11.5 Å². The third-order valence-electron chi connectivity index (χ3n) is 4.77. The Morgan fingerprint density at radius 1 is 1.19 bits per heavy atom. The zero-order chi connectivity index (χ0) is 19.6. The minimum absolute atomic E-state index is 0.0750. The smallest absolute Gasteiger partial charge is 0.244 e. The molecule has 150 valence electrons. The van der Waals surface area contributed by atoms with Crippen LogP contribution in [0.2, 0.25) is 0 Å². The van der Waals surface area contributed by atoms with Crippen LogP contribution < -0.4 is 9.47 Å². The summed E-state index contributed by atoms with van der Waals surface area (Å²) < 4.78 is 56.8. The average Bonchev–Trinajstić information content (AvgIpc) is 3.10. The highest BCUT2D eigenvalue weighted by Gasteiger charge is 2.45. The number of hydrogen-bond acceptors (Lipinski definition) is 6. The van der Waals surface area contributed by atoms with Gasteiger partial charge in [-0.3, -0.25) is 4.79 Å². The minimum atomic E-state index is -4.08. The lowest BCUT2D eigenvalue weighted by atomic mass is 10.2. The molecule has 1 aromatic rings. The zero-order valence-corrected chi connectivity index (χ0v) is 16.1. The molecule has 1 amide bonds. The van der Waals surface area contributed by atoms with Gasteiger partial charge >= 0.3 is 0 Å². The lowest BCUT2D eigenvalue weighted by molar-refractivity contribution is -0.138. The molecule has 10 heteroatoms. The van der Waals surface area contributed by atoms with Crippen LogP contribution in [0.4, 0.5) is 4.39 Å². The average molecular weight is 402 g/mol. The van der Waals surface area contributed by atoms with E-state index in [1.54, 1.807) is 0 Å². The van der Waals surface area contributed by atoms with Crippen LogP contribution in [0.1, 0.15) is 6.42 Å². The highest BCUT2D eigenvalue weighted by molar-refractivity contribution is 7.89. The molecular formula is C17H23FN2O6S. The lowest BCUT2D eigenvalue weighted by Crippen LogP contribution is -2.50. The summed E-state index contributed by atoms with van der Waals surface area (Å²) in [6.07, 6.45) is -1.54. The maximum Gasteiger partial charge on any atom is 0.244 e. The van der Waals surface area contributed by atoms with Crippen molar-refractivity contribution in [3.8, 4) is 11.5 Å². The Balaban J connectivity index is 1.90. The Kier molecular flexibility index (Phi) is 5.87. The van der Waals surface area contributed by atoms with Gasteiger partial charge in [0.15, 0.2) is 11.5 Å².